The number of carbonyl (C=O) groups excluding carboxylic acids is 1. The number of pyridine rings is 2. The monoisotopic (exact) mass is 350 g/mol. The van der Waals surface area contributed by atoms with Gasteiger partial charge in [0.1, 0.15) is 17.5 Å². The van der Waals surface area contributed by atoms with Crippen molar-refractivity contribution in [1.29, 1.82) is 0 Å². The summed E-state index contributed by atoms with van der Waals surface area (Å²) in [5.41, 5.74) is 0.535. The zero-order valence-electron chi connectivity index (χ0n) is 13.2. The van der Waals surface area contributed by atoms with E-state index in [4.69, 9.17) is 11.6 Å². The molecule has 0 saturated heterocycles. The molecule has 0 fully saturated rings. The van der Waals surface area contributed by atoms with Crippen molar-refractivity contribution in [1.82, 2.24) is 9.97 Å². The first kappa shape index (κ1) is 16.7. The number of carbonyl (C=O) groups is 1. The average molecular weight is 351 g/mol. The predicted octanol–water partition coefficient (Wildman–Crippen LogP) is 4.38. The second-order valence-electron chi connectivity index (χ2n) is 5.11. The van der Waals surface area contributed by atoms with Gasteiger partial charge in [-0.3, -0.25) is 4.79 Å². The summed E-state index contributed by atoms with van der Waals surface area (Å²) in [4.78, 5) is 20.9. The van der Waals surface area contributed by atoms with Gasteiger partial charge in [-0.1, -0.05) is 23.7 Å². The van der Waals surface area contributed by atoms with Crippen LogP contribution in [0.2, 0.25) is 5.02 Å². The van der Waals surface area contributed by atoms with Gasteiger partial charge in [0.25, 0.3) is 0 Å². The number of ketones is 1. The molecule has 0 radical (unpaired) electrons. The maximum atomic E-state index is 12.5. The number of hydrogen-bond donors (Lipinski definition) is 2. The Morgan fingerprint density at radius 2 is 1.40 bits per heavy atom. The van der Waals surface area contributed by atoms with Gasteiger partial charge in [0.15, 0.2) is 5.78 Å². The van der Waals surface area contributed by atoms with E-state index in [1.807, 2.05) is 24.3 Å². The van der Waals surface area contributed by atoms with Crippen molar-refractivity contribution in [3.05, 3.63) is 95.5 Å². The molecule has 3 rings (SSSR count). The summed E-state index contributed by atoms with van der Waals surface area (Å²) in [5, 5.41) is 6.77. The van der Waals surface area contributed by atoms with Crippen LogP contribution >= 0.6 is 11.6 Å². The Labute approximate surface area is 150 Å². The minimum absolute atomic E-state index is 0.168. The highest BCUT2D eigenvalue weighted by Crippen LogP contribution is 2.13. The quantitative estimate of drug-likeness (QED) is 0.510. The summed E-state index contributed by atoms with van der Waals surface area (Å²) >= 11 is 5.87. The first-order valence-electron chi connectivity index (χ1n) is 7.58. The van der Waals surface area contributed by atoms with E-state index in [0.717, 1.165) is 0 Å². The van der Waals surface area contributed by atoms with Crippen molar-refractivity contribution in [3.8, 4) is 0 Å². The van der Waals surface area contributed by atoms with Crippen LogP contribution in [0.25, 0.3) is 0 Å². The van der Waals surface area contributed by atoms with Gasteiger partial charge in [-0.25, -0.2) is 9.97 Å². The van der Waals surface area contributed by atoms with Crippen LogP contribution in [0.15, 0.2) is 85.0 Å². The SMILES string of the molecule is O=C(C=C(Nc1ccccn1)Nc1ccccn1)c1ccc(Cl)cc1. The average Bonchev–Trinajstić information content (AvgIpc) is 2.64. The number of rotatable bonds is 6. The highest BCUT2D eigenvalue weighted by Gasteiger charge is 2.07. The van der Waals surface area contributed by atoms with Gasteiger partial charge < -0.3 is 10.6 Å². The Hall–Kier alpha value is -3.18. The fourth-order valence-corrected chi connectivity index (χ4v) is 2.21. The summed E-state index contributed by atoms with van der Waals surface area (Å²) < 4.78 is 0. The van der Waals surface area contributed by atoms with Crippen LogP contribution in [0, 0.1) is 0 Å². The van der Waals surface area contributed by atoms with E-state index in [0.29, 0.717) is 28.0 Å². The summed E-state index contributed by atoms with van der Waals surface area (Å²) in [6.07, 6.45) is 4.80. The van der Waals surface area contributed by atoms with Crippen molar-refractivity contribution in [2.75, 3.05) is 10.6 Å². The van der Waals surface area contributed by atoms with Crippen molar-refractivity contribution >= 4 is 29.0 Å². The molecule has 0 bridgehead atoms. The number of nitrogens with zero attached hydrogens (tertiary/aromatic N) is 2. The molecular weight excluding hydrogens is 336 g/mol. The van der Waals surface area contributed by atoms with Crippen molar-refractivity contribution in [3.63, 3.8) is 0 Å². The van der Waals surface area contributed by atoms with Gasteiger partial charge in [-0.05, 0) is 48.5 Å². The maximum Gasteiger partial charge on any atom is 0.189 e. The van der Waals surface area contributed by atoms with Gasteiger partial charge in [0, 0.05) is 29.1 Å². The summed E-state index contributed by atoms with van der Waals surface area (Å²) in [7, 11) is 0. The van der Waals surface area contributed by atoms with Gasteiger partial charge in [-0.2, -0.15) is 0 Å². The van der Waals surface area contributed by atoms with Crippen LogP contribution in [-0.4, -0.2) is 15.8 Å². The predicted molar refractivity (Wildman–Crippen MR) is 99.6 cm³/mol. The minimum atomic E-state index is -0.168. The number of anilines is 2. The molecule has 3 aromatic rings. The van der Waals surface area contributed by atoms with E-state index in [1.165, 1.54) is 6.08 Å². The number of nitrogens with one attached hydrogen (secondary N) is 2. The Kier molecular flexibility index (Phi) is 5.39. The topological polar surface area (TPSA) is 66.9 Å². The molecule has 6 heteroatoms. The number of hydrogen-bond acceptors (Lipinski definition) is 5. The molecule has 0 aliphatic heterocycles. The van der Waals surface area contributed by atoms with Crippen molar-refractivity contribution in [2.24, 2.45) is 0 Å². The highest BCUT2D eigenvalue weighted by atomic mass is 35.5. The molecule has 5 nitrogen and oxygen atoms in total. The molecule has 25 heavy (non-hydrogen) atoms. The summed E-state index contributed by atoms with van der Waals surface area (Å²) in [6, 6.07) is 17.7. The zero-order chi connectivity index (χ0) is 17.5. The lowest BCUT2D eigenvalue weighted by Gasteiger charge is -2.12. The first-order chi connectivity index (χ1) is 12.2. The largest absolute Gasteiger partial charge is 0.326 e. The molecule has 2 heterocycles. The Balaban J connectivity index is 1.86. The molecule has 1 aromatic carbocycles. The fraction of sp³-hybridized carbons (Fsp3) is 0. The Morgan fingerprint density at radius 3 is 1.88 bits per heavy atom. The van der Waals surface area contributed by atoms with Crippen LogP contribution in [0.1, 0.15) is 10.4 Å². The van der Waals surface area contributed by atoms with E-state index in [-0.39, 0.29) is 5.78 Å². The second-order valence-corrected chi connectivity index (χ2v) is 5.55. The molecule has 2 aromatic heterocycles. The van der Waals surface area contributed by atoms with Gasteiger partial charge >= 0.3 is 0 Å². The van der Waals surface area contributed by atoms with Gasteiger partial charge in [-0.15, -0.1) is 0 Å². The Bertz CT molecular complexity index is 821. The van der Waals surface area contributed by atoms with Crippen LogP contribution in [0.3, 0.4) is 0 Å². The molecule has 0 saturated carbocycles. The summed E-state index contributed by atoms with van der Waals surface area (Å²) in [5.74, 6) is 1.53. The van der Waals surface area contributed by atoms with Crippen molar-refractivity contribution < 1.29 is 4.79 Å². The fourth-order valence-electron chi connectivity index (χ4n) is 2.08. The van der Waals surface area contributed by atoms with Crippen LogP contribution in [0.5, 0.6) is 0 Å². The molecule has 2 N–H and O–H groups in total. The zero-order valence-corrected chi connectivity index (χ0v) is 13.9. The molecule has 124 valence electrons. The van der Waals surface area contributed by atoms with E-state index in [9.17, 15) is 4.79 Å². The minimum Gasteiger partial charge on any atom is -0.326 e. The lowest BCUT2D eigenvalue weighted by Crippen LogP contribution is -2.13. The number of halogens is 1. The third-order valence-electron chi connectivity index (χ3n) is 3.26. The summed E-state index contributed by atoms with van der Waals surface area (Å²) in [6.45, 7) is 0. The van der Waals surface area contributed by atoms with Crippen LogP contribution in [-0.2, 0) is 0 Å². The molecular formula is C19H15ClN4O. The maximum absolute atomic E-state index is 12.5. The van der Waals surface area contributed by atoms with E-state index in [1.54, 1.807) is 48.8 Å². The smallest absolute Gasteiger partial charge is 0.189 e. The third-order valence-corrected chi connectivity index (χ3v) is 3.51. The Morgan fingerprint density at radius 1 is 0.840 bits per heavy atom. The number of benzene rings is 1. The van der Waals surface area contributed by atoms with Gasteiger partial charge in [0.05, 0.1) is 0 Å². The number of aromatic nitrogens is 2. The molecule has 0 atom stereocenters. The van der Waals surface area contributed by atoms with Crippen LogP contribution < -0.4 is 10.6 Å². The van der Waals surface area contributed by atoms with E-state index >= 15 is 0 Å². The molecule has 0 spiro atoms. The van der Waals surface area contributed by atoms with Crippen LogP contribution in [0.4, 0.5) is 11.6 Å². The van der Waals surface area contributed by atoms with Gasteiger partial charge in [0.2, 0.25) is 0 Å². The first-order valence-corrected chi connectivity index (χ1v) is 7.96. The standard InChI is InChI=1S/C19H15ClN4O/c20-15-9-7-14(8-10-15)16(25)13-19(23-17-5-1-3-11-21-17)24-18-6-2-4-12-22-18/h1-13H,(H,21,23)(H,22,24). The number of allylic oxidation sites excluding steroid dienone is 1. The van der Waals surface area contributed by atoms with E-state index < -0.39 is 0 Å². The normalized spacial score (nSPS) is 9.96. The highest BCUT2D eigenvalue weighted by molar-refractivity contribution is 6.30. The molecule has 0 aliphatic rings. The lowest BCUT2D eigenvalue weighted by atomic mass is 10.1. The van der Waals surface area contributed by atoms with Crippen molar-refractivity contribution in [2.45, 2.75) is 0 Å². The second kappa shape index (κ2) is 8.08. The lowest BCUT2D eigenvalue weighted by molar-refractivity contribution is 0.104. The molecule has 0 aliphatic carbocycles. The van der Waals surface area contributed by atoms with E-state index in [2.05, 4.69) is 20.6 Å². The molecule has 0 unspecified atom stereocenters. The molecule has 0 amide bonds. The third kappa shape index (κ3) is 4.89.